The summed E-state index contributed by atoms with van der Waals surface area (Å²) in [4.78, 5) is 19.1. The van der Waals surface area contributed by atoms with Crippen molar-refractivity contribution in [1.29, 1.82) is 0 Å². The lowest BCUT2D eigenvalue weighted by atomic mass is 9.81. The molecule has 1 aliphatic rings. The van der Waals surface area contributed by atoms with Gasteiger partial charge < -0.3 is 8.98 Å². The number of para-hydroxylation sites is 3. The van der Waals surface area contributed by atoms with Gasteiger partial charge in [-0.1, -0.05) is 146 Å². The Balaban J connectivity index is 1.15. The summed E-state index contributed by atoms with van der Waals surface area (Å²) in [7, 11) is 0. The van der Waals surface area contributed by atoms with Gasteiger partial charge in [-0.15, -0.1) is 0 Å². The first-order valence-electron chi connectivity index (χ1n) is 22.0. The number of fused-ring (bicyclic) bond motifs is 6. The van der Waals surface area contributed by atoms with Crippen molar-refractivity contribution < 1.29 is 4.42 Å². The van der Waals surface area contributed by atoms with Gasteiger partial charge in [0.15, 0.2) is 0 Å². The Morgan fingerprint density at radius 3 is 2.02 bits per heavy atom. The Morgan fingerprint density at radius 2 is 1.22 bits per heavy atom. The van der Waals surface area contributed by atoms with E-state index in [2.05, 4.69) is 183 Å². The summed E-state index contributed by atoms with van der Waals surface area (Å²) in [5, 5.41) is 4.84. The molecule has 0 N–H and O–H groups in total. The zero-order valence-electron chi connectivity index (χ0n) is 35.7. The highest BCUT2D eigenvalue weighted by atomic mass is 16.4. The molecule has 4 heteroatoms. The summed E-state index contributed by atoms with van der Waals surface area (Å²) >= 11 is 0. The second-order valence-corrected chi connectivity index (χ2v) is 17.0. The molecular formula is C59H46N2O2. The van der Waals surface area contributed by atoms with Crippen molar-refractivity contribution in [3.8, 4) is 27.9 Å². The molecule has 2 atom stereocenters. The molecule has 2 aromatic heterocycles. The monoisotopic (exact) mass is 814 g/mol. The first-order chi connectivity index (χ1) is 30.9. The van der Waals surface area contributed by atoms with E-state index >= 15 is 0 Å². The van der Waals surface area contributed by atoms with Crippen LogP contribution in [0.1, 0.15) is 60.8 Å². The van der Waals surface area contributed by atoms with Gasteiger partial charge in [0.05, 0.1) is 16.4 Å². The number of nitrogens with zero attached hydrogens (tertiary/aromatic N) is 2. The van der Waals surface area contributed by atoms with Crippen molar-refractivity contribution in [2.45, 2.75) is 45.4 Å². The standard InChI is InChI=1S/C59H46N2O2/c1-37-33-53-52(49-24-14-16-26-57(49)63-59(53)62)36-50(37)51-34-42(43-28-30-48-47-23-13-15-25-55(47)61(56(48)35-43)44-21-11-6-12-22-44)27-29-46(51)39(3)58-38(2)45(40-17-7-4-8-18-40)31-32-54(60-58)41-19-9-5-10-20-41/h4-30,33-36,39,45H,31-32H2,1-3H3. The van der Waals surface area contributed by atoms with E-state index in [1.54, 1.807) is 0 Å². The van der Waals surface area contributed by atoms with Gasteiger partial charge in [0.1, 0.15) is 5.58 Å². The smallest absolute Gasteiger partial charge is 0.344 e. The van der Waals surface area contributed by atoms with Crippen LogP contribution in [-0.4, -0.2) is 10.3 Å². The molecule has 0 aliphatic carbocycles. The van der Waals surface area contributed by atoms with Gasteiger partial charge in [0.25, 0.3) is 0 Å². The molecule has 3 heterocycles. The van der Waals surface area contributed by atoms with Crippen LogP contribution in [-0.2, 0) is 0 Å². The molecule has 0 amide bonds. The van der Waals surface area contributed by atoms with E-state index in [1.165, 1.54) is 38.6 Å². The fraction of sp³-hybridized carbons (Fsp3) is 0.119. The number of aliphatic imine (C=N–C) groups is 1. The van der Waals surface area contributed by atoms with Crippen molar-refractivity contribution in [2.24, 2.45) is 4.99 Å². The molecule has 0 bridgehead atoms. The van der Waals surface area contributed by atoms with Crippen molar-refractivity contribution >= 4 is 49.3 Å². The fourth-order valence-electron chi connectivity index (χ4n) is 10.2. The van der Waals surface area contributed by atoms with E-state index in [0.717, 1.165) is 74.0 Å². The van der Waals surface area contributed by atoms with Crippen LogP contribution < -0.4 is 5.63 Å². The third kappa shape index (κ3) is 6.70. The number of hydrogen-bond donors (Lipinski definition) is 0. The van der Waals surface area contributed by atoms with Crippen molar-refractivity contribution in [3.05, 3.63) is 232 Å². The van der Waals surface area contributed by atoms with E-state index in [4.69, 9.17) is 9.41 Å². The highest BCUT2D eigenvalue weighted by Gasteiger charge is 2.28. The molecule has 2 unspecified atom stereocenters. The molecule has 4 nitrogen and oxygen atoms in total. The Hall–Kier alpha value is -7.56. The average Bonchev–Trinajstić information content (AvgIpc) is 3.56. The molecular weight excluding hydrogens is 769 g/mol. The predicted octanol–water partition coefficient (Wildman–Crippen LogP) is 15.1. The number of aromatic nitrogens is 1. The van der Waals surface area contributed by atoms with Crippen LogP contribution in [0.4, 0.5) is 0 Å². The predicted molar refractivity (Wildman–Crippen MR) is 262 cm³/mol. The molecule has 10 aromatic rings. The largest absolute Gasteiger partial charge is 0.422 e. The quantitative estimate of drug-likeness (QED) is 0.119. The molecule has 304 valence electrons. The lowest BCUT2D eigenvalue weighted by Gasteiger charge is -2.24. The highest BCUT2D eigenvalue weighted by Crippen LogP contribution is 2.45. The number of rotatable bonds is 7. The van der Waals surface area contributed by atoms with E-state index in [0.29, 0.717) is 11.0 Å². The summed E-state index contributed by atoms with van der Waals surface area (Å²) in [6.45, 7) is 6.73. The van der Waals surface area contributed by atoms with E-state index in [-0.39, 0.29) is 17.5 Å². The molecule has 0 spiro atoms. The molecule has 63 heavy (non-hydrogen) atoms. The molecule has 1 aliphatic heterocycles. The Bertz CT molecular complexity index is 3500. The van der Waals surface area contributed by atoms with Gasteiger partial charge in [-0.3, -0.25) is 4.99 Å². The van der Waals surface area contributed by atoms with E-state index < -0.39 is 0 Å². The molecule has 0 radical (unpaired) electrons. The minimum atomic E-state index is -0.322. The molecule has 0 saturated heterocycles. The maximum Gasteiger partial charge on any atom is 0.344 e. The zero-order valence-corrected chi connectivity index (χ0v) is 35.7. The Morgan fingerprint density at radius 1 is 0.571 bits per heavy atom. The molecule has 0 saturated carbocycles. The van der Waals surface area contributed by atoms with Gasteiger partial charge in [-0.25, -0.2) is 4.79 Å². The molecule has 8 aromatic carbocycles. The first-order valence-corrected chi connectivity index (χ1v) is 22.0. The average molecular weight is 815 g/mol. The maximum atomic E-state index is 13.5. The van der Waals surface area contributed by atoms with Crippen LogP contribution in [0.25, 0.3) is 71.5 Å². The second-order valence-electron chi connectivity index (χ2n) is 17.0. The summed E-state index contributed by atoms with van der Waals surface area (Å²) in [5.74, 6) is 0.167. The van der Waals surface area contributed by atoms with Gasteiger partial charge in [-0.05, 0) is 125 Å². The number of aryl methyl sites for hydroxylation is 1. The lowest BCUT2D eigenvalue weighted by Crippen LogP contribution is -2.07. The maximum absolute atomic E-state index is 13.5. The lowest BCUT2D eigenvalue weighted by molar-refractivity contribution is 0.569. The van der Waals surface area contributed by atoms with Crippen LogP contribution in [0.5, 0.6) is 0 Å². The van der Waals surface area contributed by atoms with Crippen molar-refractivity contribution in [2.75, 3.05) is 0 Å². The Labute approximate surface area is 367 Å². The third-order valence-electron chi connectivity index (χ3n) is 13.4. The second kappa shape index (κ2) is 15.7. The summed E-state index contributed by atoms with van der Waals surface area (Å²) < 4.78 is 8.21. The summed E-state index contributed by atoms with van der Waals surface area (Å²) in [6, 6.07) is 66.8. The number of benzene rings is 8. The summed E-state index contributed by atoms with van der Waals surface area (Å²) in [5.41, 5.74) is 16.4. The normalized spacial score (nSPS) is 15.0. The van der Waals surface area contributed by atoms with Crippen LogP contribution in [0.15, 0.2) is 214 Å². The summed E-state index contributed by atoms with van der Waals surface area (Å²) in [6.07, 6.45) is 1.86. The van der Waals surface area contributed by atoms with Crippen molar-refractivity contribution in [1.82, 2.24) is 4.57 Å². The van der Waals surface area contributed by atoms with Crippen LogP contribution in [0, 0.1) is 6.92 Å². The van der Waals surface area contributed by atoms with E-state index in [9.17, 15) is 4.79 Å². The van der Waals surface area contributed by atoms with Gasteiger partial charge in [0, 0.05) is 50.5 Å². The van der Waals surface area contributed by atoms with Crippen LogP contribution in [0.2, 0.25) is 0 Å². The third-order valence-corrected chi connectivity index (χ3v) is 13.4. The van der Waals surface area contributed by atoms with Crippen LogP contribution >= 0.6 is 0 Å². The van der Waals surface area contributed by atoms with Crippen molar-refractivity contribution in [3.63, 3.8) is 0 Å². The van der Waals surface area contributed by atoms with Gasteiger partial charge >= 0.3 is 5.63 Å². The van der Waals surface area contributed by atoms with Crippen LogP contribution in [0.3, 0.4) is 0 Å². The zero-order chi connectivity index (χ0) is 42.6. The first kappa shape index (κ1) is 38.4. The minimum absolute atomic E-state index is 0.0622. The fourth-order valence-corrected chi connectivity index (χ4v) is 10.2. The molecule has 11 rings (SSSR count). The highest BCUT2D eigenvalue weighted by molar-refractivity contribution is 6.10. The number of allylic oxidation sites excluding steroid dienone is 2. The SMILES string of the molecule is CC1=C(C(C)c2ccc(-c3ccc4c5ccccc5n(-c5ccccc5)c4c3)cc2-c2cc3c(cc2C)c(=O)oc2ccccc23)N=C(c2ccccc2)CCC1c1ccccc1. The number of hydrogen-bond acceptors (Lipinski definition) is 3. The Kier molecular flexibility index (Phi) is 9.58. The van der Waals surface area contributed by atoms with E-state index in [1.807, 2.05) is 30.3 Å². The topological polar surface area (TPSA) is 47.5 Å². The minimum Gasteiger partial charge on any atom is -0.422 e. The van der Waals surface area contributed by atoms with Gasteiger partial charge in [-0.2, -0.15) is 0 Å². The van der Waals surface area contributed by atoms with Gasteiger partial charge in [0.2, 0.25) is 0 Å². The molecule has 0 fully saturated rings.